The Balaban J connectivity index is 1.79. The van der Waals surface area contributed by atoms with Crippen molar-refractivity contribution in [3.63, 3.8) is 0 Å². The van der Waals surface area contributed by atoms with Crippen molar-refractivity contribution >= 4 is 28.5 Å². The molecule has 0 aliphatic heterocycles. The van der Waals surface area contributed by atoms with Crippen LogP contribution >= 0.6 is 0 Å². The fraction of sp³-hybridized carbons (Fsp3) is 0.211. The highest BCUT2D eigenvalue weighted by Crippen LogP contribution is 2.21. The van der Waals surface area contributed by atoms with Gasteiger partial charge < -0.3 is 10.3 Å². The average molecular weight is 347 g/mol. The monoisotopic (exact) mass is 347 g/mol. The highest BCUT2D eigenvalue weighted by Gasteiger charge is 2.24. The van der Waals surface area contributed by atoms with Crippen molar-refractivity contribution in [1.29, 1.82) is 5.26 Å². The second kappa shape index (κ2) is 7.15. The number of hydrogen-bond donors (Lipinski definition) is 2. The number of aryl methyl sites for hydroxylation is 1. The van der Waals surface area contributed by atoms with Gasteiger partial charge in [0.2, 0.25) is 5.91 Å². The fourth-order valence-electron chi connectivity index (χ4n) is 2.69. The largest absolute Gasteiger partial charge is 0.339 e. The second-order valence-electron chi connectivity index (χ2n) is 6.03. The molecule has 2 aromatic heterocycles. The van der Waals surface area contributed by atoms with Gasteiger partial charge in [-0.25, -0.2) is 9.97 Å². The number of ketones is 1. The van der Waals surface area contributed by atoms with Crippen LogP contribution in [0.5, 0.6) is 0 Å². The summed E-state index contributed by atoms with van der Waals surface area (Å²) in [6, 6.07) is 10.8. The summed E-state index contributed by atoms with van der Waals surface area (Å²) in [5.41, 5.74) is 3.59. The first-order valence-corrected chi connectivity index (χ1v) is 8.08. The maximum Gasteiger partial charge on any atom is 0.221 e. The lowest BCUT2D eigenvalue weighted by molar-refractivity contribution is -0.119. The van der Waals surface area contributed by atoms with Crippen molar-refractivity contribution < 1.29 is 9.59 Å². The zero-order valence-electron chi connectivity index (χ0n) is 14.4. The number of imidazole rings is 1. The van der Waals surface area contributed by atoms with E-state index >= 15 is 0 Å². The zero-order chi connectivity index (χ0) is 18.7. The number of amides is 1. The summed E-state index contributed by atoms with van der Waals surface area (Å²) in [7, 11) is 0. The summed E-state index contributed by atoms with van der Waals surface area (Å²) in [5, 5.41) is 12.1. The number of pyridine rings is 1. The lowest BCUT2D eigenvalue weighted by atomic mass is 9.98. The first-order valence-electron chi connectivity index (χ1n) is 8.08. The van der Waals surface area contributed by atoms with E-state index in [4.69, 9.17) is 0 Å². The third kappa shape index (κ3) is 3.59. The molecule has 0 bridgehead atoms. The van der Waals surface area contributed by atoms with Gasteiger partial charge in [-0.05, 0) is 36.2 Å². The minimum Gasteiger partial charge on any atom is -0.339 e. The molecule has 2 N–H and O–H groups in total. The molecule has 1 atom stereocenters. The molecule has 0 aliphatic rings. The summed E-state index contributed by atoms with van der Waals surface area (Å²) in [5.74, 6) is -1.09. The van der Waals surface area contributed by atoms with Crippen molar-refractivity contribution in [2.75, 3.05) is 5.32 Å². The Morgan fingerprint density at radius 1 is 1.27 bits per heavy atom. The number of aromatic nitrogens is 3. The van der Waals surface area contributed by atoms with Gasteiger partial charge in [-0.1, -0.05) is 12.1 Å². The SMILES string of the molecule is CC(=O)Nc1ccc(CC(=O)C(C#N)c2nc3nccc(C)c3[nH]2)cc1. The van der Waals surface area contributed by atoms with Gasteiger partial charge >= 0.3 is 0 Å². The first-order chi connectivity index (χ1) is 12.5. The van der Waals surface area contributed by atoms with Gasteiger partial charge in [0.25, 0.3) is 0 Å². The summed E-state index contributed by atoms with van der Waals surface area (Å²) >= 11 is 0. The van der Waals surface area contributed by atoms with Crippen LogP contribution < -0.4 is 5.32 Å². The van der Waals surface area contributed by atoms with E-state index in [1.54, 1.807) is 30.5 Å². The van der Waals surface area contributed by atoms with E-state index in [-0.39, 0.29) is 18.1 Å². The summed E-state index contributed by atoms with van der Waals surface area (Å²) in [6.07, 6.45) is 1.74. The van der Waals surface area contributed by atoms with E-state index in [1.807, 2.05) is 19.1 Å². The number of anilines is 1. The molecule has 0 radical (unpaired) electrons. The Kier molecular flexibility index (Phi) is 4.76. The number of benzene rings is 1. The van der Waals surface area contributed by atoms with Gasteiger partial charge in [-0.3, -0.25) is 9.59 Å². The number of rotatable bonds is 5. The van der Waals surface area contributed by atoms with Gasteiger partial charge in [0.1, 0.15) is 5.82 Å². The Labute approximate surface area is 150 Å². The number of carbonyl (C=O) groups excluding carboxylic acids is 2. The van der Waals surface area contributed by atoms with E-state index in [0.717, 1.165) is 16.6 Å². The Morgan fingerprint density at radius 3 is 2.62 bits per heavy atom. The third-order valence-corrected chi connectivity index (χ3v) is 4.00. The van der Waals surface area contributed by atoms with Crippen molar-refractivity contribution in [2.24, 2.45) is 0 Å². The highest BCUT2D eigenvalue weighted by atomic mass is 16.1. The number of Topliss-reactive ketones (excluding diaryl/α,β-unsaturated/α-hetero) is 1. The molecular formula is C19H17N5O2. The van der Waals surface area contributed by atoms with Crippen LogP contribution in [0.3, 0.4) is 0 Å². The minimum atomic E-state index is -0.987. The molecule has 0 saturated carbocycles. The minimum absolute atomic E-state index is 0.0992. The quantitative estimate of drug-likeness (QED) is 0.737. The molecule has 0 saturated heterocycles. The molecule has 3 rings (SSSR count). The maximum atomic E-state index is 12.6. The van der Waals surface area contributed by atoms with Gasteiger partial charge in [-0.2, -0.15) is 5.26 Å². The number of fused-ring (bicyclic) bond motifs is 1. The standard InChI is InChI=1S/C19H17N5O2/c1-11-7-8-21-19-17(11)23-18(24-19)15(10-20)16(26)9-13-3-5-14(6-4-13)22-12(2)25/h3-8,15H,9H2,1-2H3,(H,22,25)(H,21,23,24). The lowest BCUT2D eigenvalue weighted by Gasteiger charge is -2.07. The lowest BCUT2D eigenvalue weighted by Crippen LogP contribution is -2.15. The van der Waals surface area contributed by atoms with Gasteiger partial charge in [0.15, 0.2) is 17.3 Å². The van der Waals surface area contributed by atoms with E-state index < -0.39 is 5.92 Å². The molecule has 26 heavy (non-hydrogen) atoms. The number of hydrogen-bond acceptors (Lipinski definition) is 5. The molecule has 2 heterocycles. The molecule has 0 fully saturated rings. The molecule has 0 aliphatic carbocycles. The smallest absolute Gasteiger partial charge is 0.221 e. The van der Waals surface area contributed by atoms with Gasteiger partial charge in [0.05, 0.1) is 11.6 Å². The van der Waals surface area contributed by atoms with Crippen molar-refractivity contribution in [1.82, 2.24) is 15.0 Å². The topological polar surface area (TPSA) is 112 Å². The molecule has 1 aromatic carbocycles. The number of carbonyl (C=O) groups is 2. The molecular weight excluding hydrogens is 330 g/mol. The van der Waals surface area contributed by atoms with Gasteiger partial charge in [0, 0.05) is 25.2 Å². The van der Waals surface area contributed by atoms with Crippen LogP contribution in [-0.2, 0) is 16.0 Å². The molecule has 1 unspecified atom stereocenters. The van der Waals surface area contributed by atoms with Crippen LogP contribution in [0.25, 0.3) is 11.2 Å². The maximum absolute atomic E-state index is 12.6. The predicted octanol–water partition coefficient (Wildman–Crippen LogP) is 2.64. The average Bonchev–Trinajstić information content (AvgIpc) is 3.02. The van der Waals surface area contributed by atoms with Crippen LogP contribution in [-0.4, -0.2) is 26.6 Å². The Hall–Kier alpha value is -3.53. The highest BCUT2D eigenvalue weighted by molar-refractivity contribution is 5.91. The normalized spacial score (nSPS) is 11.7. The van der Waals surface area contributed by atoms with Gasteiger partial charge in [-0.15, -0.1) is 0 Å². The number of aromatic amines is 1. The number of H-pyrrole nitrogens is 1. The van der Waals surface area contributed by atoms with Crippen molar-refractivity contribution in [2.45, 2.75) is 26.2 Å². The Bertz CT molecular complexity index is 1010. The Morgan fingerprint density at radius 2 is 2.00 bits per heavy atom. The first kappa shape index (κ1) is 17.3. The predicted molar refractivity (Wildman–Crippen MR) is 96.4 cm³/mol. The third-order valence-electron chi connectivity index (χ3n) is 4.00. The van der Waals surface area contributed by atoms with E-state index in [9.17, 15) is 14.9 Å². The number of nitriles is 1. The summed E-state index contributed by atoms with van der Waals surface area (Å²) in [4.78, 5) is 35.1. The number of nitrogens with zero attached hydrogens (tertiary/aromatic N) is 3. The van der Waals surface area contributed by atoms with Crippen LogP contribution in [0.1, 0.15) is 29.8 Å². The van der Waals surface area contributed by atoms with Crippen molar-refractivity contribution in [3.05, 3.63) is 53.5 Å². The molecule has 7 nitrogen and oxygen atoms in total. The second-order valence-corrected chi connectivity index (χ2v) is 6.03. The summed E-state index contributed by atoms with van der Waals surface area (Å²) < 4.78 is 0. The summed E-state index contributed by atoms with van der Waals surface area (Å²) in [6.45, 7) is 3.34. The fourth-order valence-corrected chi connectivity index (χ4v) is 2.69. The molecule has 7 heteroatoms. The van der Waals surface area contributed by atoms with Crippen molar-refractivity contribution in [3.8, 4) is 6.07 Å². The zero-order valence-corrected chi connectivity index (χ0v) is 14.4. The van der Waals surface area contributed by atoms with Crippen LogP contribution in [0.4, 0.5) is 5.69 Å². The molecule has 1 amide bonds. The molecule has 0 spiro atoms. The van der Waals surface area contributed by atoms with Crippen LogP contribution in [0.15, 0.2) is 36.5 Å². The van der Waals surface area contributed by atoms with Crippen LogP contribution in [0, 0.1) is 18.3 Å². The van der Waals surface area contributed by atoms with Crippen LogP contribution in [0.2, 0.25) is 0 Å². The molecule has 130 valence electrons. The molecule has 3 aromatic rings. The van der Waals surface area contributed by atoms with E-state index in [0.29, 0.717) is 17.2 Å². The van der Waals surface area contributed by atoms with E-state index in [2.05, 4.69) is 20.3 Å². The van der Waals surface area contributed by atoms with E-state index in [1.165, 1.54) is 6.92 Å². The number of nitrogens with one attached hydrogen (secondary N) is 2.